The summed E-state index contributed by atoms with van der Waals surface area (Å²) in [4.78, 5) is 3.91. The number of para-hydroxylation sites is 2. The van der Waals surface area contributed by atoms with Crippen LogP contribution in [0.1, 0.15) is 82.8 Å². The summed E-state index contributed by atoms with van der Waals surface area (Å²) < 4.78 is 224. The van der Waals surface area contributed by atoms with Crippen LogP contribution in [0.3, 0.4) is 0 Å². The fraction of sp³-hybridized carbons (Fsp3) is 0.0833. The predicted molar refractivity (Wildman–Crippen MR) is 443 cm³/mol. The molecule has 4 aromatic heterocycles. The van der Waals surface area contributed by atoms with Gasteiger partial charge in [-0.1, -0.05) is 6.07 Å². The van der Waals surface area contributed by atoms with Crippen molar-refractivity contribution in [2.24, 2.45) is 0 Å². The van der Waals surface area contributed by atoms with Gasteiger partial charge in [0.05, 0.1) is 0 Å². The number of nitrogens with zero attached hydrogens (tertiary/aromatic N) is 4. The van der Waals surface area contributed by atoms with E-state index in [4.69, 9.17) is 5.48 Å². The van der Waals surface area contributed by atoms with Crippen LogP contribution in [0.25, 0.3) is 128 Å². The third-order valence-corrected chi connectivity index (χ3v) is 24.7. The van der Waals surface area contributed by atoms with Crippen molar-refractivity contribution >= 4 is 147 Å². The van der Waals surface area contributed by atoms with Gasteiger partial charge in [-0.25, -0.2) is 0 Å². The van der Waals surface area contributed by atoms with Crippen LogP contribution in [0, 0.1) is 0 Å². The molecule has 14 aromatic carbocycles. The molecule has 0 radical (unpaired) electrons. The fourth-order valence-electron chi connectivity index (χ4n) is 15.3. The van der Waals surface area contributed by atoms with E-state index in [9.17, 15) is 24.7 Å². The third kappa shape index (κ3) is 9.78. The molecule has 18 aromatic rings. The second-order valence-electron chi connectivity index (χ2n) is 28.3. The van der Waals surface area contributed by atoms with E-state index in [1.807, 2.05) is 174 Å². The Morgan fingerprint density at radius 1 is 0.330 bits per heavy atom. The maximum atomic E-state index is 11.9. The molecule has 0 N–H and O–H groups in total. The van der Waals surface area contributed by atoms with E-state index in [2.05, 4.69) is 65.8 Å². The molecular formula is C96H71BN4Se2. The van der Waals surface area contributed by atoms with E-state index in [-0.39, 0.29) is 106 Å². The van der Waals surface area contributed by atoms with E-state index >= 15 is 0 Å². The Morgan fingerprint density at radius 3 is 1.02 bits per heavy atom. The zero-order valence-electron chi connectivity index (χ0n) is 78.6. The van der Waals surface area contributed by atoms with Gasteiger partial charge >= 0.3 is 641 Å². The van der Waals surface area contributed by atoms with Crippen LogP contribution >= 0.6 is 0 Å². The van der Waals surface area contributed by atoms with Crippen molar-refractivity contribution in [1.82, 2.24) is 9.13 Å². The number of benzene rings is 14. The maximum absolute atomic E-state index is 11.9. The van der Waals surface area contributed by atoms with Crippen molar-refractivity contribution in [3.63, 3.8) is 0 Å². The number of fused-ring (bicyclic) bond motifs is 14. The van der Waals surface area contributed by atoms with Gasteiger partial charge in [0.1, 0.15) is 0 Å². The second-order valence-corrected chi connectivity index (χ2v) is 32.5. The van der Waals surface area contributed by atoms with Crippen LogP contribution in [0.5, 0.6) is 0 Å². The Balaban J connectivity index is 1.06. The van der Waals surface area contributed by atoms with Gasteiger partial charge in [-0.05, 0) is 0 Å². The molecule has 0 saturated carbocycles. The second kappa shape index (κ2) is 23.7. The number of rotatable bonds is 9. The molecule has 7 heteroatoms. The zero-order chi connectivity index (χ0) is 88.1. The Bertz CT molecular complexity index is 7280. The first kappa shape index (κ1) is 43.0. The van der Waals surface area contributed by atoms with Gasteiger partial charge in [0.2, 0.25) is 0 Å². The zero-order valence-corrected chi connectivity index (χ0v) is 60.0. The fourth-order valence-corrected chi connectivity index (χ4v) is 20.1. The van der Waals surface area contributed by atoms with Crippen LogP contribution in [0.4, 0.5) is 34.1 Å². The first-order valence-corrected chi connectivity index (χ1v) is 37.6. The van der Waals surface area contributed by atoms with Crippen LogP contribution in [0.2, 0.25) is 0 Å². The number of aromatic nitrogens is 2. The molecule has 0 atom stereocenters. The quantitative estimate of drug-likeness (QED) is 0.134. The first-order chi connectivity index (χ1) is 59.6. The minimum atomic E-state index is -1.59. The summed E-state index contributed by atoms with van der Waals surface area (Å²) in [7, 11) is 0. The summed E-state index contributed by atoms with van der Waals surface area (Å²) in [6.07, 6.45) is 0. The van der Waals surface area contributed by atoms with E-state index < -0.39 is 167 Å². The summed E-state index contributed by atoms with van der Waals surface area (Å²) >= 11 is -2.44. The van der Waals surface area contributed by atoms with Crippen LogP contribution in [-0.2, 0) is 10.8 Å². The first-order valence-electron chi connectivity index (χ1n) is 45.1. The monoisotopic (exact) mass is 1470 g/mol. The molecule has 0 bridgehead atoms. The van der Waals surface area contributed by atoms with Crippen molar-refractivity contribution in [2.75, 3.05) is 9.80 Å². The molecule has 490 valence electrons. The van der Waals surface area contributed by atoms with Crippen LogP contribution in [-0.4, -0.2) is 44.9 Å². The van der Waals surface area contributed by atoms with E-state index in [0.29, 0.717) is 83.8 Å². The van der Waals surface area contributed by atoms with E-state index in [0.717, 1.165) is 11.1 Å². The van der Waals surface area contributed by atoms with Gasteiger partial charge in [-0.3, -0.25) is 0 Å². The molecule has 20 rings (SSSR count). The molecule has 2 aliphatic heterocycles. The summed E-state index contributed by atoms with van der Waals surface area (Å²) in [6, 6.07) is 48.7. The molecular weight excluding hydrogens is 1380 g/mol. The average Bonchev–Trinajstić information content (AvgIpc) is 1.62. The summed E-state index contributed by atoms with van der Waals surface area (Å²) in [5.41, 5.74) is 7.75. The minimum absolute atomic E-state index is 0.00514. The standard InChI is InChI=1S/C96H71BN4Se2/c1-95(2,3)66-54-74(61-32-14-8-15-33-61)91(75(55-66)62-34-16-9-17-35-62)100-82-58-68(98-80-44-26-22-40-70(80)88-72-42-24-28-46-86(72)102-93(88)98)48-50-78(82)97-79-51-49-69(99-81-45-27-23-41-71(81)89-73-43-25-29-47-87(73)103-94(89)99)59-83(79)101(85-53-65(52-84(100)90(85)97)60-30-12-7-13-31-60)92-76(63-36-18-10-19-37-63)56-67(96(4,5)6)57-77(92)64-38-20-11-21-39-64/h7-59H,1-6H3/i22D,23D,24D,25D,26D,27D,28D,29D,40D,41D,42D,43D,44D,45D,46D,47D,48D,49D,50D,51D,58D,59D. The van der Waals surface area contributed by atoms with Gasteiger partial charge in [-0.2, -0.15) is 0 Å². The van der Waals surface area contributed by atoms with Gasteiger partial charge in [0, 0.05) is 0 Å². The van der Waals surface area contributed by atoms with Gasteiger partial charge in [0.15, 0.2) is 0 Å². The molecule has 0 amide bonds. The van der Waals surface area contributed by atoms with Crippen molar-refractivity contribution in [1.29, 1.82) is 0 Å². The molecule has 6 heterocycles. The molecule has 103 heavy (non-hydrogen) atoms. The Hall–Kier alpha value is -11.1. The normalized spacial score (nSPS) is 15.9. The van der Waals surface area contributed by atoms with Gasteiger partial charge in [0.25, 0.3) is 0 Å². The molecule has 0 fully saturated rings. The molecule has 0 saturated heterocycles. The Labute approximate surface area is 644 Å². The van der Waals surface area contributed by atoms with E-state index in [1.54, 1.807) is 0 Å². The number of hydrogen-bond acceptors (Lipinski definition) is 2. The topological polar surface area (TPSA) is 16.3 Å². The van der Waals surface area contributed by atoms with Crippen molar-refractivity contribution in [2.45, 2.75) is 52.4 Å². The summed E-state index contributed by atoms with van der Waals surface area (Å²) in [5.74, 6) is 0. The summed E-state index contributed by atoms with van der Waals surface area (Å²) in [6.45, 7) is 11.1. The van der Waals surface area contributed by atoms with Crippen molar-refractivity contribution < 1.29 is 30.2 Å². The van der Waals surface area contributed by atoms with Gasteiger partial charge in [-0.15, -0.1) is 0 Å². The SMILES string of the molecule is [2H]c1c([2H])c(-n2c3[se]c4c([2H])c([2H])c([2H])c([2H])c4c3c3c([2H])c([2H])c([2H])c([2H])c32)c([2H])c2c1B1c3c(cc(-c4ccccc4)cc3N(c3c(-c4ccccc4)cc(C(C)(C)C)cc3-c3ccccc3)c3c([2H])c(-n4c5[se]c6c([2H])c([2H])c([2H])c([2H])c6c5c5c([2H])c([2H])c([2H])c([2H])c54)c([2H])c([2H])c31)N2c1c(-c2ccccc2)cc(C(C)(C)C)cc1-c1ccccc1. The molecule has 4 nitrogen and oxygen atoms in total. The Morgan fingerprint density at radius 2 is 0.660 bits per heavy atom. The van der Waals surface area contributed by atoms with Crippen molar-refractivity contribution in [3.05, 3.63) is 332 Å². The third-order valence-electron chi connectivity index (χ3n) is 20.2. The molecule has 2 aliphatic rings. The molecule has 0 unspecified atom stereocenters. The summed E-state index contributed by atoms with van der Waals surface area (Å²) in [5, 5.41) is -0.178. The Kier molecular flexibility index (Phi) is 9.90. The van der Waals surface area contributed by atoms with Gasteiger partial charge < -0.3 is 0 Å². The number of hydrogen-bond donors (Lipinski definition) is 0. The molecule has 0 spiro atoms. The number of anilines is 6. The van der Waals surface area contributed by atoms with Crippen LogP contribution < -0.4 is 26.2 Å². The molecule has 0 aliphatic carbocycles. The predicted octanol–water partition coefficient (Wildman–Crippen LogP) is 23.3. The average molecular weight is 1470 g/mol. The van der Waals surface area contributed by atoms with Crippen LogP contribution in [0.15, 0.2) is 321 Å². The van der Waals surface area contributed by atoms with Crippen molar-refractivity contribution in [3.8, 4) is 67.0 Å². The van der Waals surface area contributed by atoms with E-state index in [1.165, 1.54) is 9.13 Å².